The van der Waals surface area contributed by atoms with Gasteiger partial charge in [0.25, 0.3) is 0 Å². The van der Waals surface area contributed by atoms with Gasteiger partial charge in [0.05, 0.1) is 17.3 Å². The van der Waals surface area contributed by atoms with Crippen molar-refractivity contribution in [3.63, 3.8) is 0 Å². The molecule has 0 unspecified atom stereocenters. The van der Waals surface area contributed by atoms with E-state index in [0.717, 1.165) is 19.3 Å². The number of aliphatic hydroxyl groups is 3. The predicted octanol–water partition coefficient (Wildman–Crippen LogP) is 2.09. The van der Waals surface area contributed by atoms with Gasteiger partial charge in [-0.2, -0.15) is 0 Å². The lowest BCUT2D eigenvalue weighted by atomic mass is 9.51. The second-order valence-corrected chi connectivity index (χ2v) is 7.60. The van der Waals surface area contributed by atoms with Crippen molar-refractivity contribution in [2.45, 2.75) is 77.1 Å². The molecule has 18 heavy (non-hydrogen) atoms. The van der Waals surface area contributed by atoms with Crippen molar-refractivity contribution in [1.82, 2.24) is 0 Å². The highest BCUT2D eigenvalue weighted by Gasteiger charge is 2.56. The minimum Gasteiger partial charge on any atom is -0.393 e. The third kappa shape index (κ3) is 2.21. The number of hydrogen-bond donors (Lipinski definition) is 3. The Labute approximate surface area is 110 Å². The molecule has 0 aromatic heterocycles. The van der Waals surface area contributed by atoms with E-state index in [9.17, 15) is 15.3 Å². The van der Waals surface area contributed by atoms with E-state index in [-0.39, 0.29) is 23.4 Å². The van der Waals surface area contributed by atoms with Crippen LogP contribution in [0.3, 0.4) is 0 Å². The molecule has 0 radical (unpaired) electrons. The summed E-state index contributed by atoms with van der Waals surface area (Å²) in [5, 5.41) is 31.2. The van der Waals surface area contributed by atoms with Crippen LogP contribution in [0.2, 0.25) is 0 Å². The van der Waals surface area contributed by atoms with Crippen LogP contribution in [-0.2, 0) is 0 Å². The van der Waals surface area contributed by atoms with E-state index < -0.39 is 11.2 Å². The summed E-state index contributed by atoms with van der Waals surface area (Å²) in [6.45, 7) is 7.72. The molecule has 0 bridgehead atoms. The standard InChI is InChI=1S/C15H28O3/c1-13(2,17)10-5-7-14(3)11(9-10)15(4,18)8-6-12(14)16/h10-12,16-18H,5-9H2,1-4H3/t10-,11-,12-,14-,15-/m0/s1. The van der Waals surface area contributed by atoms with E-state index in [1.165, 1.54) is 0 Å². The summed E-state index contributed by atoms with van der Waals surface area (Å²) in [6, 6.07) is 0. The van der Waals surface area contributed by atoms with Crippen molar-refractivity contribution in [3.05, 3.63) is 0 Å². The molecule has 3 nitrogen and oxygen atoms in total. The summed E-state index contributed by atoms with van der Waals surface area (Å²) in [5.74, 6) is 0.297. The number of hydrogen-bond acceptors (Lipinski definition) is 3. The van der Waals surface area contributed by atoms with Crippen LogP contribution in [0.5, 0.6) is 0 Å². The van der Waals surface area contributed by atoms with Gasteiger partial charge in [0.2, 0.25) is 0 Å². The molecule has 2 saturated carbocycles. The van der Waals surface area contributed by atoms with Gasteiger partial charge in [-0.05, 0) is 70.1 Å². The molecule has 2 aliphatic carbocycles. The van der Waals surface area contributed by atoms with Crippen molar-refractivity contribution in [2.24, 2.45) is 17.3 Å². The van der Waals surface area contributed by atoms with Crippen LogP contribution < -0.4 is 0 Å². The smallest absolute Gasteiger partial charge is 0.0655 e. The summed E-state index contributed by atoms with van der Waals surface area (Å²) in [4.78, 5) is 0. The van der Waals surface area contributed by atoms with Crippen LogP contribution in [0.15, 0.2) is 0 Å². The molecular formula is C15H28O3. The molecule has 0 heterocycles. The Morgan fingerprint density at radius 1 is 1.11 bits per heavy atom. The van der Waals surface area contributed by atoms with Gasteiger partial charge >= 0.3 is 0 Å². The van der Waals surface area contributed by atoms with E-state index in [1.54, 1.807) is 0 Å². The van der Waals surface area contributed by atoms with E-state index in [0.29, 0.717) is 12.8 Å². The van der Waals surface area contributed by atoms with Gasteiger partial charge in [0.1, 0.15) is 0 Å². The number of fused-ring (bicyclic) bond motifs is 1. The molecule has 0 aromatic rings. The average molecular weight is 256 g/mol. The second-order valence-electron chi connectivity index (χ2n) is 7.60. The number of aliphatic hydroxyl groups excluding tert-OH is 1. The maximum atomic E-state index is 10.6. The monoisotopic (exact) mass is 256 g/mol. The maximum Gasteiger partial charge on any atom is 0.0655 e. The number of rotatable bonds is 1. The van der Waals surface area contributed by atoms with Gasteiger partial charge in [0.15, 0.2) is 0 Å². The molecule has 2 rings (SSSR count). The van der Waals surface area contributed by atoms with Crippen molar-refractivity contribution in [3.8, 4) is 0 Å². The Balaban J connectivity index is 2.26. The van der Waals surface area contributed by atoms with Gasteiger partial charge in [-0.1, -0.05) is 6.92 Å². The van der Waals surface area contributed by atoms with Gasteiger partial charge in [-0.25, -0.2) is 0 Å². The zero-order valence-corrected chi connectivity index (χ0v) is 12.1. The van der Waals surface area contributed by atoms with Crippen molar-refractivity contribution >= 4 is 0 Å². The molecule has 2 aliphatic rings. The lowest BCUT2D eigenvalue weighted by molar-refractivity contribution is -0.186. The van der Waals surface area contributed by atoms with E-state index in [4.69, 9.17) is 0 Å². The highest BCUT2D eigenvalue weighted by molar-refractivity contribution is 5.06. The van der Waals surface area contributed by atoms with Crippen LogP contribution >= 0.6 is 0 Å². The minimum absolute atomic E-state index is 0.0823. The van der Waals surface area contributed by atoms with E-state index in [2.05, 4.69) is 6.92 Å². The molecule has 3 heteroatoms. The summed E-state index contributed by atoms with van der Waals surface area (Å²) in [5.41, 5.74) is -1.60. The molecule has 0 saturated heterocycles. The van der Waals surface area contributed by atoms with Gasteiger partial charge in [-0.15, -0.1) is 0 Å². The molecule has 5 atom stereocenters. The SMILES string of the molecule is CC(C)(O)[C@H]1CC[C@]2(C)[C@@H](O)CC[C@](C)(O)[C@H]2C1. The lowest BCUT2D eigenvalue weighted by Gasteiger charge is -2.57. The summed E-state index contributed by atoms with van der Waals surface area (Å²) in [7, 11) is 0. The third-order valence-corrected chi connectivity index (χ3v) is 5.78. The average Bonchev–Trinajstić information content (AvgIpc) is 2.23. The first kappa shape index (κ1) is 14.3. The van der Waals surface area contributed by atoms with Crippen LogP contribution in [0.25, 0.3) is 0 Å². The Hall–Kier alpha value is -0.120. The minimum atomic E-state index is -0.710. The first-order valence-electron chi connectivity index (χ1n) is 7.20. The van der Waals surface area contributed by atoms with Crippen molar-refractivity contribution in [1.29, 1.82) is 0 Å². The third-order valence-electron chi connectivity index (χ3n) is 5.78. The highest BCUT2D eigenvalue weighted by atomic mass is 16.3. The van der Waals surface area contributed by atoms with E-state index in [1.807, 2.05) is 20.8 Å². The molecular weight excluding hydrogens is 228 g/mol. The Kier molecular flexibility index (Phi) is 3.33. The van der Waals surface area contributed by atoms with Crippen LogP contribution in [-0.4, -0.2) is 32.6 Å². The van der Waals surface area contributed by atoms with Crippen LogP contribution in [0.1, 0.15) is 59.8 Å². The second kappa shape index (κ2) is 4.19. The normalized spacial score (nSPS) is 49.8. The zero-order valence-electron chi connectivity index (χ0n) is 12.1. The highest BCUT2D eigenvalue weighted by Crippen LogP contribution is 2.56. The fraction of sp³-hybridized carbons (Fsp3) is 1.00. The maximum absolute atomic E-state index is 10.6. The summed E-state index contributed by atoms with van der Waals surface area (Å²) < 4.78 is 0. The van der Waals surface area contributed by atoms with Gasteiger partial charge < -0.3 is 15.3 Å². The molecule has 3 N–H and O–H groups in total. The molecule has 0 aliphatic heterocycles. The van der Waals surface area contributed by atoms with Gasteiger partial charge in [-0.3, -0.25) is 0 Å². The molecule has 0 amide bonds. The van der Waals surface area contributed by atoms with Gasteiger partial charge in [0, 0.05) is 0 Å². The summed E-state index contributed by atoms with van der Waals surface area (Å²) in [6.07, 6.45) is 3.67. The topological polar surface area (TPSA) is 60.7 Å². The fourth-order valence-corrected chi connectivity index (χ4v) is 4.27. The predicted molar refractivity (Wildman–Crippen MR) is 71.1 cm³/mol. The Bertz CT molecular complexity index is 318. The van der Waals surface area contributed by atoms with E-state index >= 15 is 0 Å². The lowest BCUT2D eigenvalue weighted by Crippen LogP contribution is -2.58. The molecule has 2 fully saturated rings. The fourth-order valence-electron chi connectivity index (χ4n) is 4.27. The first-order valence-corrected chi connectivity index (χ1v) is 7.20. The first-order chi connectivity index (χ1) is 8.07. The molecule has 0 spiro atoms. The van der Waals surface area contributed by atoms with Crippen molar-refractivity contribution in [2.75, 3.05) is 0 Å². The van der Waals surface area contributed by atoms with Crippen LogP contribution in [0.4, 0.5) is 0 Å². The Morgan fingerprint density at radius 2 is 1.72 bits per heavy atom. The molecule has 106 valence electrons. The largest absolute Gasteiger partial charge is 0.393 e. The quantitative estimate of drug-likeness (QED) is 0.673. The zero-order chi connectivity index (χ0) is 13.8. The Morgan fingerprint density at radius 3 is 2.28 bits per heavy atom. The molecule has 0 aromatic carbocycles. The van der Waals surface area contributed by atoms with Crippen LogP contribution in [0, 0.1) is 17.3 Å². The summed E-state index contributed by atoms with van der Waals surface area (Å²) >= 11 is 0. The van der Waals surface area contributed by atoms with Crippen molar-refractivity contribution < 1.29 is 15.3 Å².